The number of aliphatic hydroxyl groups is 1. The number of carbonyl (C=O) groups excluding carboxylic acids is 1. The standard InChI is InChI=1S/C21H26BrClN3O9P/c1-4-32-18(29)20(2,3)25-36(31,35-13-8-6-5-7-9-13)33-12-14-16(28)21(22,23)17(34-14)26-11-10-15(27)24-19(26)30/h5-11,14,16-17,28H,4,12H2,1-3H3,(H,25,31)(H,24,27,30)/t14-,16-,17?,21+,36?/m1/s1. The maximum atomic E-state index is 13.7. The lowest BCUT2D eigenvalue weighted by molar-refractivity contribution is -0.149. The molecule has 15 heteroatoms. The third-order valence-electron chi connectivity index (χ3n) is 5.06. The van der Waals surface area contributed by atoms with Crippen molar-refractivity contribution in [3.05, 3.63) is 63.4 Å². The van der Waals surface area contributed by atoms with E-state index in [9.17, 15) is 24.1 Å². The number of hydrogen-bond donors (Lipinski definition) is 3. The zero-order valence-electron chi connectivity index (χ0n) is 19.6. The summed E-state index contributed by atoms with van der Waals surface area (Å²) in [5.74, 6) is -0.508. The highest BCUT2D eigenvalue weighted by Crippen LogP contribution is 2.50. The molecule has 1 aromatic carbocycles. The summed E-state index contributed by atoms with van der Waals surface area (Å²) in [7, 11) is -4.29. The fraction of sp³-hybridized carbons (Fsp3) is 0.476. The Bertz CT molecular complexity index is 1240. The number of hydrogen-bond acceptors (Lipinski definition) is 9. The van der Waals surface area contributed by atoms with Crippen molar-refractivity contribution in [1.82, 2.24) is 14.6 Å². The van der Waals surface area contributed by atoms with E-state index in [0.29, 0.717) is 0 Å². The summed E-state index contributed by atoms with van der Waals surface area (Å²) in [6.45, 7) is 4.09. The largest absolute Gasteiger partial charge is 0.465 e. The van der Waals surface area contributed by atoms with Crippen LogP contribution in [0.2, 0.25) is 0 Å². The zero-order chi connectivity index (χ0) is 26.7. The number of aromatic amines is 1. The molecule has 1 aliphatic heterocycles. The van der Waals surface area contributed by atoms with Gasteiger partial charge in [-0.3, -0.25) is 23.7 Å². The average molecular weight is 611 g/mol. The van der Waals surface area contributed by atoms with Gasteiger partial charge in [-0.1, -0.05) is 45.7 Å². The second-order valence-electron chi connectivity index (χ2n) is 8.32. The van der Waals surface area contributed by atoms with Crippen LogP contribution in [-0.4, -0.2) is 55.4 Å². The number of alkyl halides is 2. The molecule has 1 aliphatic rings. The van der Waals surface area contributed by atoms with Gasteiger partial charge in [0.1, 0.15) is 23.5 Å². The molecule has 3 N–H and O–H groups in total. The molecule has 0 radical (unpaired) electrons. The Morgan fingerprint density at radius 1 is 1.33 bits per heavy atom. The van der Waals surface area contributed by atoms with Crippen LogP contribution in [0.1, 0.15) is 27.0 Å². The molecule has 0 saturated carbocycles. The van der Waals surface area contributed by atoms with Crippen molar-refractivity contribution < 1.29 is 33.0 Å². The van der Waals surface area contributed by atoms with Crippen molar-refractivity contribution in [3.8, 4) is 5.75 Å². The lowest BCUT2D eigenvalue weighted by Gasteiger charge is -2.29. The number of rotatable bonds is 10. The highest BCUT2D eigenvalue weighted by molar-refractivity contribution is 9.10. The van der Waals surface area contributed by atoms with Gasteiger partial charge in [0.2, 0.25) is 0 Å². The highest BCUT2D eigenvalue weighted by Gasteiger charge is 2.56. The molecule has 0 amide bonds. The van der Waals surface area contributed by atoms with Crippen molar-refractivity contribution in [2.45, 2.75) is 48.5 Å². The molecule has 2 heterocycles. The minimum Gasteiger partial charge on any atom is -0.465 e. The topological polar surface area (TPSA) is 158 Å². The van der Waals surface area contributed by atoms with Gasteiger partial charge in [0.15, 0.2) is 10.0 Å². The smallest absolute Gasteiger partial charge is 0.459 e. The molecular weight excluding hydrogens is 585 g/mol. The van der Waals surface area contributed by atoms with Crippen LogP contribution in [0.5, 0.6) is 5.75 Å². The first-order valence-electron chi connectivity index (χ1n) is 10.8. The number of carbonyl (C=O) groups is 1. The van der Waals surface area contributed by atoms with Gasteiger partial charge in [-0.05, 0) is 32.9 Å². The van der Waals surface area contributed by atoms with E-state index in [-0.39, 0.29) is 12.4 Å². The Hall–Kier alpha value is -1.99. The van der Waals surface area contributed by atoms with Crippen LogP contribution < -0.4 is 20.9 Å². The van der Waals surface area contributed by atoms with E-state index in [0.717, 1.165) is 16.8 Å². The Kier molecular flexibility index (Phi) is 8.87. The summed E-state index contributed by atoms with van der Waals surface area (Å²) >= 11 is 9.61. The molecule has 0 spiro atoms. The molecule has 0 bridgehead atoms. The quantitative estimate of drug-likeness (QED) is 0.207. The van der Waals surface area contributed by atoms with Gasteiger partial charge in [-0.2, -0.15) is 5.09 Å². The van der Waals surface area contributed by atoms with Gasteiger partial charge in [0, 0.05) is 12.3 Å². The van der Waals surface area contributed by atoms with Crippen molar-refractivity contribution in [2.75, 3.05) is 13.2 Å². The van der Waals surface area contributed by atoms with E-state index in [1.54, 1.807) is 25.1 Å². The zero-order valence-corrected chi connectivity index (χ0v) is 22.8. The van der Waals surface area contributed by atoms with Gasteiger partial charge < -0.3 is 19.1 Å². The summed E-state index contributed by atoms with van der Waals surface area (Å²) in [6.07, 6.45) is -2.78. The van der Waals surface area contributed by atoms with Crippen molar-refractivity contribution >= 4 is 41.2 Å². The number of aromatic nitrogens is 2. The predicted octanol–water partition coefficient (Wildman–Crippen LogP) is 2.26. The molecule has 5 atom stereocenters. The fourth-order valence-electron chi connectivity index (χ4n) is 3.29. The number of aliphatic hydroxyl groups excluding tert-OH is 1. The van der Waals surface area contributed by atoms with E-state index in [4.69, 9.17) is 30.1 Å². The number of para-hydroxylation sites is 1. The lowest BCUT2D eigenvalue weighted by atomic mass is 10.1. The van der Waals surface area contributed by atoms with Crippen LogP contribution in [0, 0.1) is 0 Å². The van der Waals surface area contributed by atoms with Crippen LogP contribution in [0.25, 0.3) is 0 Å². The van der Waals surface area contributed by atoms with Crippen LogP contribution in [0.3, 0.4) is 0 Å². The summed E-state index contributed by atoms with van der Waals surface area (Å²) in [4.78, 5) is 38.1. The second-order valence-corrected chi connectivity index (χ2v) is 12.4. The summed E-state index contributed by atoms with van der Waals surface area (Å²) in [6, 6.07) is 9.20. The SMILES string of the molecule is CCOC(=O)C(C)(C)NP(=O)(OC[C@H]1OC(n2ccc(=O)[nH]c2=O)[C@](Cl)(Br)[C@@H]1O)Oc1ccccc1. The van der Waals surface area contributed by atoms with Crippen LogP contribution in [0.15, 0.2) is 52.2 Å². The van der Waals surface area contributed by atoms with E-state index in [1.165, 1.54) is 26.0 Å². The number of nitrogens with one attached hydrogen (secondary N) is 2. The maximum Gasteiger partial charge on any atom is 0.459 e. The number of H-pyrrole nitrogens is 1. The van der Waals surface area contributed by atoms with Crippen LogP contribution >= 0.6 is 35.3 Å². The minimum absolute atomic E-state index is 0.102. The summed E-state index contributed by atoms with van der Waals surface area (Å²) in [5.41, 5.74) is -2.92. The van der Waals surface area contributed by atoms with Crippen LogP contribution in [0.4, 0.5) is 0 Å². The second kappa shape index (κ2) is 11.2. The van der Waals surface area contributed by atoms with Gasteiger partial charge in [-0.25, -0.2) is 9.36 Å². The minimum atomic E-state index is -4.29. The average Bonchev–Trinajstić information content (AvgIpc) is 3.01. The van der Waals surface area contributed by atoms with Crippen molar-refractivity contribution in [1.29, 1.82) is 0 Å². The summed E-state index contributed by atoms with van der Waals surface area (Å²) in [5, 5.41) is 13.4. The van der Waals surface area contributed by atoms with Gasteiger partial charge in [0.05, 0.1) is 13.2 Å². The molecule has 1 aromatic heterocycles. The normalized spacial score (nSPS) is 25.8. The Balaban J connectivity index is 1.84. The summed E-state index contributed by atoms with van der Waals surface area (Å²) < 4.78 is 35.0. The molecule has 2 aromatic rings. The fourth-order valence-corrected chi connectivity index (χ4v) is 5.89. The molecule has 2 unspecified atom stereocenters. The Morgan fingerprint density at radius 3 is 2.61 bits per heavy atom. The third-order valence-corrected chi connectivity index (χ3v) is 8.11. The highest BCUT2D eigenvalue weighted by atomic mass is 79.9. The number of ether oxygens (including phenoxy) is 2. The Morgan fingerprint density at radius 2 is 2.00 bits per heavy atom. The number of esters is 1. The molecule has 1 fully saturated rings. The van der Waals surface area contributed by atoms with Gasteiger partial charge in [0.25, 0.3) is 5.56 Å². The first kappa shape index (κ1) is 28.6. The number of benzene rings is 1. The monoisotopic (exact) mass is 609 g/mol. The third kappa shape index (κ3) is 6.46. The van der Waals surface area contributed by atoms with E-state index < -0.39 is 59.3 Å². The molecule has 0 aliphatic carbocycles. The van der Waals surface area contributed by atoms with Gasteiger partial charge >= 0.3 is 19.4 Å². The number of nitrogens with zero attached hydrogens (tertiary/aromatic N) is 1. The molecule has 12 nitrogen and oxygen atoms in total. The van der Waals surface area contributed by atoms with Gasteiger partial charge in [-0.15, -0.1) is 0 Å². The Labute approximate surface area is 219 Å². The maximum absolute atomic E-state index is 13.7. The van der Waals surface area contributed by atoms with E-state index in [2.05, 4.69) is 26.0 Å². The molecule has 3 rings (SSSR count). The molecule has 36 heavy (non-hydrogen) atoms. The predicted molar refractivity (Wildman–Crippen MR) is 133 cm³/mol. The molecule has 198 valence electrons. The number of halogens is 2. The first-order chi connectivity index (χ1) is 16.8. The molecular formula is C21H26BrClN3O9P. The molecule has 1 saturated heterocycles. The van der Waals surface area contributed by atoms with Crippen molar-refractivity contribution in [3.63, 3.8) is 0 Å². The van der Waals surface area contributed by atoms with E-state index >= 15 is 0 Å². The lowest BCUT2D eigenvalue weighted by Crippen LogP contribution is -2.47. The first-order valence-corrected chi connectivity index (χ1v) is 13.5. The van der Waals surface area contributed by atoms with Crippen molar-refractivity contribution in [2.24, 2.45) is 0 Å². The van der Waals surface area contributed by atoms with E-state index in [1.807, 2.05) is 0 Å². The van der Waals surface area contributed by atoms with Crippen LogP contribution in [-0.2, 0) is 23.4 Å².